The first-order chi connectivity index (χ1) is 6.13. The number of carbonyl (C=O) groups excluding carboxylic acids is 1. The van der Waals surface area contributed by atoms with Gasteiger partial charge in [0.1, 0.15) is 0 Å². The minimum absolute atomic E-state index is 0.0462. The highest BCUT2D eigenvalue weighted by atomic mass is 35.5. The van der Waals surface area contributed by atoms with Gasteiger partial charge in [0.25, 0.3) is 0 Å². The molecule has 0 saturated heterocycles. The van der Waals surface area contributed by atoms with Gasteiger partial charge in [-0.15, -0.1) is 11.6 Å². The summed E-state index contributed by atoms with van der Waals surface area (Å²) < 4.78 is 1.41. The van der Waals surface area contributed by atoms with Gasteiger partial charge in [-0.1, -0.05) is 0 Å². The number of nitrogens with one attached hydrogen (secondary N) is 1. The molecule has 0 aromatic carbocycles. The molecule has 0 radical (unpaired) electrons. The molecule has 13 heavy (non-hydrogen) atoms. The minimum Gasteiger partial charge on any atom is -0.369 e. The number of nitrogens with zero attached hydrogens (tertiary/aromatic N) is 1. The third kappa shape index (κ3) is 2.62. The van der Waals surface area contributed by atoms with E-state index in [1.54, 1.807) is 6.20 Å². The Bertz CT molecular complexity index is 355. The third-order valence-electron chi connectivity index (χ3n) is 1.53. The Labute approximate surface area is 79.5 Å². The van der Waals surface area contributed by atoms with Crippen molar-refractivity contribution in [2.75, 3.05) is 5.88 Å². The molecule has 1 amide bonds. The molecule has 1 rings (SSSR count). The van der Waals surface area contributed by atoms with Crippen molar-refractivity contribution in [1.29, 1.82) is 0 Å². The van der Waals surface area contributed by atoms with Gasteiger partial charge in [-0.2, -0.15) is 0 Å². The maximum absolute atomic E-state index is 11.1. The summed E-state index contributed by atoms with van der Waals surface area (Å²) in [7, 11) is 0. The number of aryl methyl sites for hydroxylation is 1. The second-order valence-electron chi connectivity index (χ2n) is 2.61. The summed E-state index contributed by atoms with van der Waals surface area (Å²) in [4.78, 5) is 24.1. The quantitative estimate of drug-likeness (QED) is 0.644. The van der Waals surface area contributed by atoms with Crippen LogP contribution >= 0.6 is 11.6 Å². The maximum Gasteiger partial charge on any atom is 0.325 e. The van der Waals surface area contributed by atoms with Crippen LogP contribution in [0.15, 0.2) is 11.0 Å². The van der Waals surface area contributed by atoms with Gasteiger partial charge in [-0.3, -0.25) is 9.36 Å². The SMILES string of the molecule is NC(=O)Cc1cn(CCCl)c(=O)[nH]1. The fourth-order valence-electron chi connectivity index (χ4n) is 1.02. The fourth-order valence-corrected chi connectivity index (χ4v) is 1.20. The minimum atomic E-state index is -0.473. The Kier molecular flexibility index (Phi) is 3.13. The zero-order valence-corrected chi connectivity index (χ0v) is 7.67. The van der Waals surface area contributed by atoms with Crippen molar-refractivity contribution in [1.82, 2.24) is 9.55 Å². The molecule has 1 aromatic heterocycles. The molecular weight excluding hydrogens is 194 g/mol. The first-order valence-electron chi connectivity index (χ1n) is 3.76. The number of aromatic nitrogens is 2. The Morgan fingerprint density at radius 2 is 2.38 bits per heavy atom. The predicted molar refractivity (Wildman–Crippen MR) is 48.7 cm³/mol. The van der Waals surface area contributed by atoms with Crippen LogP contribution in [0.1, 0.15) is 5.69 Å². The summed E-state index contributed by atoms with van der Waals surface area (Å²) in [6.07, 6.45) is 1.60. The molecule has 0 bridgehead atoms. The van der Waals surface area contributed by atoms with Crippen LogP contribution in [0.2, 0.25) is 0 Å². The number of nitrogens with two attached hydrogens (primary N) is 1. The predicted octanol–water partition coefficient (Wildman–Crippen LogP) is -0.557. The molecule has 0 aliphatic carbocycles. The Morgan fingerprint density at radius 3 is 2.92 bits per heavy atom. The average Bonchev–Trinajstić information content (AvgIpc) is 2.31. The number of hydrogen-bond donors (Lipinski definition) is 2. The molecule has 0 atom stereocenters. The van der Waals surface area contributed by atoms with Crippen LogP contribution in [-0.2, 0) is 17.8 Å². The zero-order valence-electron chi connectivity index (χ0n) is 6.92. The first-order valence-corrected chi connectivity index (χ1v) is 4.29. The van der Waals surface area contributed by atoms with Crippen LogP contribution in [-0.4, -0.2) is 21.3 Å². The second-order valence-corrected chi connectivity index (χ2v) is 2.99. The summed E-state index contributed by atoms with van der Waals surface area (Å²) in [6, 6.07) is 0. The summed E-state index contributed by atoms with van der Waals surface area (Å²) >= 11 is 5.46. The number of hydrogen-bond acceptors (Lipinski definition) is 2. The summed E-state index contributed by atoms with van der Waals surface area (Å²) in [5.41, 5.74) is 5.21. The van der Waals surface area contributed by atoms with Gasteiger partial charge in [-0.25, -0.2) is 4.79 Å². The number of H-pyrrole nitrogens is 1. The van der Waals surface area contributed by atoms with E-state index < -0.39 is 5.91 Å². The van der Waals surface area contributed by atoms with Crippen molar-refractivity contribution in [2.45, 2.75) is 13.0 Å². The number of alkyl halides is 1. The lowest BCUT2D eigenvalue weighted by Crippen LogP contribution is -2.17. The summed E-state index contributed by atoms with van der Waals surface area (Å²) in [6.45, 7) is 0.426. The highest BCUT2D eigenvalue weighted by Gasteiger charge is 2.04. The van der Waals surface area contributed by atoms with Crippen molar-refractivity contribution in [3.05, 3.63) is 22.4 Å². The molecule has 3 N–H and O–H groups in total. The van der Waals surface area contributed by atoms with Crippen LogP contribution in [0.4, 0.5) is 0 Å². The van der Waals surface area contributed by atoms with Gasteiger partial charge in [-0.05, 0) is 0 Å². The lowest BCUT2D eigenvalue weighted by molar-refractivity contribution is -0.117. The van der Waals surface area contributed by atoms with E-state index in [2.05, 4.69) is 4.98 Å². The molecular formula is C7H10ClN3O2. The lowest BCUT2D eigenvalue weighted by atomic mass is 10.3. The summed E-state index contributed by atoms with van der Waals surface area (Å²) in [5, 5.41) is 0. The van der Waals surface area contributed by atoms with Gasteiger partial charge < -0.3 is 10.7 Å². The smallest absolute Gasteiger partial charge is 0.325 e. The average molecular weight is 204 g/mol. The van der Waals surface area contributed by atoms with Gasteiger partial charge >= 0.3 is 5.69 Å². The lowest BCUT2D eigenvalue weighted by Gasteiger charge is -1.93. The van der Waals surface area contributed by atoms with E-state index in [1.165, 1.54) is 4.57 Å². The molecule has 72 valence electrons. The van der Waals surface area contributed by atoms with Crippen molar-refractivity contribution in [3.8, 4) is 0 Å². The molecule has 6 heteroatoms. The van der Waals surface area contributed by atoms with E-state index in [0.717, 1.165) is 0 Å². The van der Waals surface area contributed by atoms with Gasteiger partial charge in [0, 0.05) is 24.3 Å². The standard InChI is InChI=1S/C7H10ClN3O2/c8-1-2-11-4-5(3-6(9)12)10-7(11)13/h4H,1-3H2,(H2,9,12)(H,10,13). The number of rotatable bonds is 4. The second kappa shape index (κ2) is 4.13. The normalized spacial score (nSPS) is 10.2. The molecule has 0 fully saturated rings. The Hall–Kier alpha value is -1.23. The molecule has 1 heterocycles. The first kappa shape index (κ1) is 9.85. The number of halogens is 1. The monoisotopic (exact) mass is 203 g/mol. The van der Waals surface area contributed by atoms with Crippen LogP contribution in [0, 0.1) is 0 Å². The van der Waals surface area contributed by atoms with Crippen LogP contribution < -0.4 is 11.4 Å². The van der Waals surface area contributed by atoms with E-state index in [1.807, 2.05) is 0 Å². The molecule has 0 aliphatic rings. The zero-order chi connectivity index (χ0) is 9.84. The number of imidazole rings is 1. The molecule has 1 aromatic rings. The number of amides is 1. The Morgan fingerprint density at radius 1 is 1.69 bits per heavy atom. The van der Waals surface area contributed by atoms with E-state index in [0.29, 0.717) is 18.1 Å². The van der Waals surface area contributed by atoms with Gasteiger partial charge in [0.05, 0.1) is 6.42 Å². The van der Waals surface area contributed by atoms with E-state index >= 15 is 0 Å². The van der Waals surface area contributed by atoms with E-state index in [9.17, 15) is 9.59 Å². The van der Waals surface area contributed by atoms with Crippen molar-refractivity contribution in [2.24, 2.45) is 5.73 Å². The van der Waals surface area contributed by atoms with Crippen molar-refractivity contribution >= 4 is 17.5 Å². The molecule has 0 unspecified atom stereocenters. The number of primary amides is 1. The highest BCUT2D eigenvalue weighted by molar-refractivity contribution is 6.17. The van der Waals surface area contributed by atoms with Crippen LogP contribution in [0.5, 0.6) is 0 Å². The third-order valence-corrected chi connectivity index (χ3v) is 1.70. The topological polar surface area (TPSA) is 80.9 Å². The molecule has 5 nitrogen and oxygen atoms in total. The number of carbonyl (C=O) groups is 1. The van der Waals surface area contributed by atoms with Crippen molar-refractivity contribution < 1.29 is 4.79 Å². The van der Waals surface area contributed by atoms with E-state index in [4.69, 9.17) is 17.3 Å². The summed E-state index contributed by atoms with van der Waals surface area (Å²) in [5.74, 6) is -0.118. The van der Waals surface area contributed by atoms with E-state index in [-0.39, 0.29) is 12.1 Å². The van der Waals surface area contributed by atoms with Crippen LogP contribution in [0.3, 0.4) is 0 Å². The molecule has 0 spiro atoms. The van der Waals surface area contributed by atoms with Gasteiger partial charge in [0.15, 0.2) is 0 Å². The van der Waals surface area contributed by atoms with Crippen LogP contribution in [0.25, 0.3) is 0 Å². The Balaban J connectivity index is 2.82. The molecule has 0 aliphatic heterocycles. The highest BCUT2D eigenvalue weighted by Crippen LogP contribution is 1.93. The molecule has 0 saturated carbocycles. The van der Waals surface area contributed by atoms with Gasteiger partial charge in [0.2, 0.25) is 5.91 Å². The van der Waals surface area contributed by atoms with Crippen molar-refractivity contribution in [3.63, 3.8) is 0 Å². The maximum atomic E-state index is 11.1. The largest absolute Gasteiger partial charge is 0.369 e. The number of aromatic amines is 1. The fraction of sp³-hybridized carbons (Fsp3) is 0.429.